The Bertz CT molecular complexity index is 773. The Morgan fingerprint density at radius 3 is 2.50 bits per heavy atom. The van der Waals surface area contributed by atoms with Crippen LogP contribution in [0, 0.1) is 0 Å². The standard InChI is InChI=1S/C12H11ClN2O5S2/c13-9-3-1-8(2-4-9)5-6-15(22(18,19)20)11-10(12(16)17)14-7-21-11/h1-4,7H,5-6H2,(H,16,17)(H,18,19,20). The third-order valence-electron chi connectivity index (χ3n) is 2.77. The molecule has 2 rings (SSSR count). The van der Waals surface area contributed by atoms with Gasteiger partial charge in [-0.25, -0.2) is 14.1 Å². The number of anilines is 1. The third kappa shape index (κ3) is 3.95. The van der Waals surface area contributed by atoms with Crippen LogP contribution in [0.25, 0.3) is 0 Å². The second-order valence-corrected chi connectivity index (χ2v) is 6.84. The second-order valence-electron chi connectivity index (χ2n) is 4.24. The molecule has 2 N–H and O–H groups in total. The number of carboxylic acids is 1. The molecule has 10 heteroatoms. The summed E-state index contributed by atoms with van der Waals surface area (Å²) in [5.41, 5.74) is 1.58. The number of carbonyl (C=O) groups is 1. The van der Waals surface area contributed by atoms with Gasteiger partial charge in [-0.1, -0.05) is 23.7 Å². The van der Waals surface area contributed by atoms with Gasteiger partial charge in [0.05, 0.1) is 5.51 Å². The average molecular weight is 363 g/mol. The van der Waals surface area contributed by atoms with Gasteiger partial charge in [-0.2, -0.15) is 8.42 Å². The van der Waals surface area contributed by atoms with Crippen LogP contribution in [0.1, 0.15) is 16.1 Å². The fourth-order valence-electron chi connectivity index (χ4n) is 1.77. The molecule has 7 nitrogen and oxygen atoms in total. The molecule has 0 saturated carbocycles. The molecule has 1 aromatic carbocycles. The van der Waals surface area contributed by atoms with Gasteiger partial charge in [0, 0.05) is 11.6 Å². The number of halogens is 1. The van der Waals surface area contributed by atoms with E-state index in [1.54, 1.807) is 24.3 Å². The van der Waals surface area contributed by atoms with Crippen molar-refractivity contribution in [3.63, 3.8) is 0 Å². The summed E-state index contributed by atoms with van der Waals surface area (Å²) in [5, 5.41) is 9.42. The number of thiazole rings is 1. The number of hydrogen-bond donors (Lipinski definition) is 2. The predicted octanol–water partition coefficient (Wildman–Crippen LogP) is 2.35. The molecule has 118 valence electrons. The van der Waals surface area contributed by atoms with Crippen molar-refractivity contribution in [2.45, 2.75) is 6.42 Å². The Morgan fingerprint density at radius 2 is 1.95 bits per heavy atom. The van der Waals surface area contributed by atoms with Gasteiger partial charge in [0.1, 0.15) is 5.00 Å². The molecule has 0 aliphatic heterocycles. The highest BCUT2D eigenvalue weighted by Gasteiger charge is 2.27. The lowest BCUT2D eigenvalue weighted by Gasteiger charge is -2.19. The fourth-order valence-corrected chi connectivity index (χ4v) is 3.64. The molecule has 0 aliphatic rings. The van der Waals surface area contributed by atoms with Gasteiger partial charge in [0.2, 0.25) is 0 Å². The maximum absolute atomic E-state index is 11.5. The van der Waals surface area contributed by atoms with E-state index in [9.17, 15) is 17.8 Å². The Hall–Kier alpha value is -1.68. The molecule has 0 radical (unpaired) electrons. The second kappa shape index (κ2) is 6.61. The molecule has 0 unspecified atom stereocenters. The van der Waals surface area contributed by atoms with Crippen LogP contribution in [-0.2, 0) is 16.7 Å². The van der Waals surface area contributed by atoms with E-state index in [1.165, 1.54) is 5.51 Å². The number of nitrogens with zero attached hydrogens (tertiary/aromatic N) is 2. The molecule has 2 aromatic rings. The van der Waals surface area contributed by atoms with Gasteiger partial charge in [-0.15, -0.1) is 11.3 Å². The molecule has 0 fully saturated rings. The highest BCUT2D eigenvalue weighted by molar-refractivity contribution is 7.87. The van der Waals surface area contributed by atoms with E-state index in [0.717, 1.165) is 16.9 Å². The zero-order valence-electron chi connectivity index (χ0n) is 11.0. The van der Waals surface area contributed by atoms with Crippen LogP contribution in [0.2, 0.25) is 5.02 Å². The number of aromatic carboxylic acids is 1. The lowest BCUT2D eigenvalue weighted by Crippen LogP contribution is -2.32. The van der Waals surface area contributed by atoms with Crippen LogP contribution in [0.4, 0.5) is 5.00 Å². The summed E-state index contributed by atoms with van der Waals surface area (Å²) >= 11 is 6.59. The molecule has 0 atom stereocenters. The van der Waals surface area contributed by atoms with Crippen molar-refractivity contribution in [1.29, 1.82) is 0 Å². The fraction of sp³-hybridized carbons (Fsp3) is 0.167. The molecule has 22 heavy (non-hydrogen) atoms. The van der Waals surface area contributed by atoms with E-state index in [4.69, 9.17) is 16.7 Å². The summed E-state index contributed by atoms with van der Waals surface area (Å²) in [6.45, 7) is -0.122. The molecule has 0 spiro atoms. The van der Waals surface area contributed by atoms with Crippen LogP contribution in [0.5, 0.6) is 0 Å². The van der Waals surface area contributed by atoms with E-state index >= 15 is 0 Å². The molecular formula is C12H11ClN2O5S2. The van der Waals surface area contributed by atoms with Crippen LogP contribution >= 0.6 is 22.9 Å². The zero-order valence-corrected chi connectivity index (χ0v) is 13.4. The smallest absolute Gasteiger partial charge is 0.360 e. The minimum Gasteiger partial charge on any atom is -0.476 e. The minimum atomic E-state index is -4.61. The summed E-state index contributed by atoms with van der Waals surface area (Å²) in [7, 11) is -4.61. The van der Waals surface area contributed by atoms with Gasteiger partial charge in [-0.05, 0) is 24.1 Å². The minimum absolute atomic E-state index is 0.122. The van der Waals surface area contributed by atoms with E-state index < -0.39 is 22.0 Å². The summed E-state index contributed by atoms with van der Waals surface area (Å²) in [5.74, 6) is -1.36. The molecule has 0 saturated heterocycles. The molecule has 0 amide bonds. The van der Waals surface area contributed by atoms with Crippen LogP contribution in [0.3, 0.4) is 0 Å². The van der Waals surface area contributed by atoms with Gasteiger partial charge in [-0.3, -0.25) is 4.55 Å². The topological polar surface area (TPSA) is 108 Å². The highest BCUT2D eigenvalue weighted by Crippen LogP contribution is 2.27. The van der Waals surface area contributed by atoms with E-state index in [2.05, 4.69) is 4.98 Å². The largest absolute Gasteiger partial charge is 0.476 e. The molecule has 0 bridgehead atoms. The van der Waals surface area contributed by atoms with Crippen molar-refractivity contribution >= 4 is 44.2 Å². The maximum atomic E-state index is 11.5. The van der Waals surface area contributed by atoms with Crippen LogP contribution in [-0.4, -0.2) is 35.6 Å². The third-order valence-corrected chi connectivity index (χ3v) is 4.91. The molecule has 1 aromatic heterocycles. The van der Waals surface area contributed by atoms with Crippen molar-refractivity contribution in [2.75, 3.05) is 10.8 Å². The summed E-state index contributed by atoms with van der Waals surface area (Å²) in [6, 6.07) is 6.75. The van der Waals surface area contributed by atoms with E-state index in [1.807, 2.05) is 0 Å². The number of carboxylic acid groups (broad SMARTS) is 1. The summed E-state index contributed by atoms with van der Waals surface area (Å²) in [6.07, 6.45) is 0.272. The lowest BCUT2D eigenvalue weighted by molar-refractivity contribution is 0.0692. The Labute approximate surface area is 135 Å². The predicted molar refractivity (Wildman–Crippen MR) is 83.1 cm³/mol. The van der Waals surface area contributed by atoms with Crippen molar-refractivity contribution in [1.82, 2.24) is 4.98 Å². The Morgan fingerprint density at radius 1 is 1.32 bits per heavy atom. The van der Waals surface area contributed by atoms with Crippen molar-refractivity contribution in [2.24, 2.45) is 0 Å². The van der Waals surface area contributed by atoms with Crippen molar-refractivity contribution in [3.05, 3.63) is 46.1 Å². The average Bonchev–Trinajstić information content (AvgIpc) is 2.89. The number of hydrogen-bond acceptors (Lipinski definition) is 5. The lowest BCUT2D eigenvalue weighted by atomic mass is 10.1. The normalized spacial score (nSPS) is 11.4. The van der Waals surface area contributed by atoms with Crippen LogP contribution < -0.4 is 4.31 Å². The highest BCUT2D eigenvalue weighted by atomic mass is 35.5. The first-order chi connectivity index (χ1) is 10.3. The maximum Gasteiger partial charge on any atom is 0.360 e. The van der Waals surface area contributed by atoms with Gasteiger partial charge in [0.15, 0.2) is 5.69 Å². The monoisotopic (exact) mass is 362 g/mol. The van der Waals surface area contributed by atoms with Gasteiger partial charge in [0.25, 0.3) is 0 Å². The zero-order chi connectivity index (χ0) is 16.3. The van der Waals surface area contributed by atoms with Gasteiger partial charge >= 0.3 is 16.3 Å². The molecule has 1 heterocycles. The molecular weight excluding hydrogens is 352 g/mol. The Balaban J connectivity index is 2.26. The van der Waals surface area contributed by atoms with Crippen molar-refractivity contribution in [3.8, 4) is 0 Å². The summed E-state index contributed by atoms with van der Waals surface area (Å²) < 4.78 is 33.0. The SMILES string of the molecule is O=C(O)c1ncsc1N(CCc1ccc(Cl)cc1)S(=O)(=O)O. The first-order valence-electron chi connectivity index (χ1n) is 5.95. The summed E-state index contributed by atoms with van der Waals surface area (Å²) in [4.78, 5) is 14.7. The Kier molecular flexibility index (Phi) is 5.01. The van der Waals surface area contributed by atoms with E-state index in [0.29, 0.717) is 9.33 Å². The first-order valence-corrected chi connectivity index (χ1v) is 8.61. The quantitative estimate of drug-likeness (QED) is 0.763. The first kappa shape index (κ1) is 16.7. The molecule has 0 aliphatic carbocycles. The van der Waals surface area contributed by atoms with Crippen molar-refractivity contribution < 1.29 is 22.9 Å². The number of benzene rings is 1. The van der Waals surface area contributed by atoms with Crippen LogP contribution in [0.15, 0.2) is 29.8 Å². The van der Waals surface area contributed by atoms with Gasteiger partial charge < -0.3 is 5.11 Å². The number of aromatic nitrogens is 1. The number of rotatable bonds is 6. The van der Waals surface area contributed by atoms with E-state index in [-0.39, 0.29) is 18.0 Å².